The molecule has 0 rings (SSSR count). The number of esters is 1. The van der Waals surface area contributed by atoms with Gasteiger partial charge in [0.1, 0.15) is 0 Å². The van der Waals surface area contributed by atoms with Gasteiger partial charge in [0, 0.05) is 12.8 Å². The van der Waals surface area contributed by atoms with Gasteiger partial charge in [-0.1, -0.05) is 321 Å². The van der Waals surface area contributed by atoms with Crippen LogP contribution in [0, 0.1) is 0 Å². The van der Waals surface area contributed by atoms with E-state index >= 15 is 0 Å². The van der Waals surface area contributed by atoms with Crippen LogP contribution >= 0.6 is 0 Å². The second-order valence-electron chi connectivity index (χ2n) is 22.8. The van der Waals surface area contributed by atoms with E-state index in [0.717, 1.165) is 44.9 Å². The highest BCUT2D eigenvalue weighted by atomic mass is 16.5. The van der Waals surface area contributed by atoms with Crippen LogP contribution in [0.4, 0.5) is 0 Å². The van der Waals surface area contributed by atoms with E-state index in [1.54, 1.807) is 6.08 Å². The van der Waals surface area contributed by atoms with E-state index < -0.39 is 12.1 Å². The molecular weight excluding hydrogens is 899 g/mol. The van der Waals surface area contributed by atoms with E-state index in [1.165, 1.54) is 295 Å². The number of aliphatic hydroxyl groups excluding tert-OH is 2. The normalized spacial score (nSPS) is 12.7. The minimum Gasteiger partial charge on any atom is -0.466 e. The van der Waals surface area contributed by atoms with Crippen molar-refractivity contribution in [1.29, 1.82) is 0 Å². The van der Waals surface area contributed by atoms with E-state index in [4.69, 9.17) is 4.74 Å². The number of amides is 1. The highest BCUT2D eigenvalue weighted by Crippen LogP contribution is 2.18. The fourth-order valence-electron chi connectivity index (χ4n) is 10.4. The zero-order chi connectivity index (χ0) is 52.9. The number of carbonyl (C=O) groups is 2. The lowest BCUT2D eigenvalue weighted by Crippen LogP contribution is -2.45. The number of rotatable bonds is 62. The van der Waals surface area contributed by atoms with Gasteiger partial charge in [-0.3, -0.25) is 9.59 Å². The van der Waals surface area contributed by atoms with Crippen molar-refractivity contribution in [3.05, 3.63) is 24.3 Å². The molecule has 0 saturated heterocycles. The van der Waals surface area contributed by atoms with Crippen molar-refractivity contribution in [2.45, 2.75) is 379 Å². The lowest BCUT2D eigenvalue weighted by atomic mass is 10.0. The Bertz CT molecular complexity index is 1140. The topological polar surface area (TPSA) is 95.9 Å². The Morgan fingerprint density at radius 3 is 0.973 bits per heavy atom. The van der Waals surface area contributed by atoms with Crippen LogP contribution < -0.4 is 5.32 Å². The van der Waals surface area contributed by atoms with Crippen LogP contribution in [0.15, 0.2) is 24.3 Å². The van der Waals surface area contributed by atoms with Crippen LogP contribution in [0.3, 0.4) is 0 Å². The summed E-state index contributed by atoms with van der Waals surface area (Å²) in [7, 11) is 0. The van der Waals surface area contributed by atoms with Crippen molar-refractivity contribution >= 4 is 11.9 Å². The van der Waals surface area contributed by atoms with Crippen molar-refractivity contribution < 1.29 is 24.5 Å². The van der Waals surface area contributed by atoms with Gasteiger partial charge in [-0.05, 0) is 57.8 Å². The standard InChI is InChI=1S/C67H129NO5/c1-3-5-7-9-11-13-15-17-19-20-26-30-33-37-41-45-49-53-57-61-67(72)73-62-58-54-50-46-42-38-34-31-28-25-23-21-22-24-27-29-32-36-40-44-48-52-56-60-66(71)68-64(63-69)65(70)59-55-51-47-43-39-35-18-16-14-12-10-8-6-4-2/h24,27,55,59,64-65,69-70H,3-23,25-26,28-54,56-58,60-63H2,1-2H3,(H,68,71)/b27-24-,59-55+. The van der Waals surface area contributed by atoms with Crippen molar-refractivity contribution in [2.24, 2.45) is 0 Å². The zero-order valence-electron chi connectivity index (χ0n) is 49.4. The molecule has 0 heterocycles. The summed E-state index contributed by atoms with van der Waals surface area (Å²) in [5, 5.41) is 23.1. The van der Waals surface area contributed by atoms with Crippen molar-refractivity contribution in [3.63, 3.8) is 0 Å². The molecular formula is C67H129NO5. The summed E-state index contributed by atoms with van der Waals surface area (Å²) in [4.78, 5) is 24.6. The average molecular weight is 1030 g/mol. The molecule has 0 aromatic rings. The van der Waals surface area contributed by atoms with E-state index in [-0.39, 0.29) is 18.5 Å². The first-order chi connectivity index (χ1) is 36.0. The first kappa shape index (κ1) is 71.3. The summed E-state index contributed by atoms with van der Waals surface area (Å²) >= 11 is 0. The number of hydrogen-bond acceptors (Lipinski definition) is 5. The molecule has 432 valence electrons. The third kappa shape index (κ3) is 59.4. The van der Waals surface area contributed by atoms with Gasteiger partial charge in [0.2, 0.25) is 5.91 Å². The van der Waals surface area contributed by atoms with Gasteiger partial charge in [-0.2, -0.15) is 0 Å². The Morgan fingerprint density at radius 1 is 0.370 bits per heavy atom. The molecule has 2 atom stereocenters. The van der Waals surface area contributed by atoms with Gasteiger partial charge in [-0.25, -0.2) is 0 Å². The number of carbonyl (C=O) groups excluding carboxylic acids is 2. The van der Waals surface area contributed by atoms with Crippen LogP contribution in [-0.2, 0) is 14.3 Å². The largest absolute Gasteiger partial charge is 0.466 e. The Labute approximate surface area is 456 Å². The summed E-state index contributed by atoms with van der Waals surface area (Å²) in [6.07, 6.45) is 78.1. The molecule has 1 amide bonds. The minimum atomic E-state index is -0.848. The first-order valence-corrected chi connectivity index (χ1v) is 33.1. The molecule has 6 nitrogen and oxygen atoms in total. The van der Waals surface area contributed by atoms with Crippen LogP contribution in [0.2, 0.25) is 0 Å². The van der Waals surface area contributed by atoms with Gasteiger partial charge >= 0.3 is 5.97 Å². The van der Waals surface area contributed by atoms with E-state index in [9.17, 15) is 19.8 Å². The van der Waals surface area contributed by atoms with Crippen LogP contribution in [0.1, 0.15) is 367 Å². The molecule has 0 spiro atoms. The summed E-state index contributed by atoms with van der Waals surface area (Å²) < 4.78 is 5.51. The molecule has 2 unspecified atom stereocenters. The monoisotopic (exact) mass is 1030 g/mol. The molecule has 73 heavy (non-hydrogen) atoms. The highest BCUT2D eigenvalue weighted by Gasteiger charge is 2.18. The number of nitrogens with one attached hydrogen (secondary N) is 1. The maximum Gasteiger partial charge on any atom is 0.305 e. The van der Waals surface area contributed by atoms with E-state index in [2.05, 4.69) is 31.3 Å². The van der Waals surface area contributed by atoms with Gasteiger partial charge < -0.3 is 20.3 Å². The Morgan fingerprint density at radius 2 is 0.644 bits per heavy atom. The first-order valence-electron chi connectivity index (χ1n) is 33.1. The van der Waals surface area contributed by atoms with Gasteiger partial charge in [0.25, 0.3) is 0 Å². The lowest BCUT2D eigenvalue weighted by molar-refractivity contribution is -0.143. The third-order valence-corrected chi connectivity index (χ3v) is 15.5. The second-order valence-corrected chi connectivity index (χ2v) is 22.8. The summed E-state index contributed by atoms with van der Waals surface area (Å²) in [6.45, 7) is 4.93. The molecule has 0 aromatic carbocycles. The molecule has 0 aromatic heterocycles. The van der Waals surface area contributed by atoms with Crippen LogP contribution in [-0.4, -0.2) is 47.4 Å². The predicted molar refractivity (Wildman–Crippen MR) is 320 cm³/mol. The van der Waals surface area contributed by atoms with Gasteiger partial charge in [0.15, 0.2) is 0 Å². The SMILES string of the molecule is CCCCCCCCCCCCCC/C=C/C(O)C(CO)NC(=O)CCCCCCCCC/C=C\CCCCCCCCCCCCCCOC(=O)CCCCCCCCCCCCCCCCCCCCC. The number of aliphatic hydroxyl groups is 2. The molecule has 0 saturated carbocycles. The van der Waals surface area contributed by atoms with E-state index in [0.29, 0.717) is 19.4 Å². The Hall–Kier alpha value is -1.66. The summed E-state index contributed by atoms with van der Waals surface area (Å²) in [5.41, 5.74) is 0. The molecule has 0 aliphatic carbocycles. The molecule has 0 aliphatic heterocycles. The average Bonchev–Trinajstić information content (AvgIpc) is 3.39. The predicted octanol–water partition coefficient (Wildman–Crippen LogP) is 21.0. The fraction of sp³-hybridized carbons (Fsp3) is 0.910. The molecule has 0 radical (unpaired) electrons. The number of unbranched alkanes of at least 4 members (excludes halogenated alkanes) is 49. The van der Waals surface area contributed by atoms with Gasteiger partial charge in [-0.15, -0.1) is 0 Å². The molecule has 3 N–H and O–H groups in total. The fourth-order valence-corrected chi connectivity index (χ4v) is 10.4. The third-order valence-electron chi connectivity index (χ3n) is 15.5. The van der Waals surface area contributed by atoms with E-state index in [1.807, 2.05) is 6.08 Å². The Balaban J connectivity index is 3.39. The molecule has 6 heteroatoms. The maximum absolute atomic E-state index is 12.5. The highest BCUT2D eigenvalue weighted by molar-refractivity contribution is 5.76. The molecule has 0 aliphatic rings. The van der Waals surface area contributed by atoms with Crippen molar-refractivity contribution in [3.8, 4) is 0 Å². The number of ether oxygens (including phenoxy) is 1. The van der Waals surface area contributed by atoms with Crippen molar-refractivity contribution in [2.75, 3.05) is 13.2 Å². The zero-order valence-corrected chi connectivity index (χ0v) is 49.4. The van der Waals surface area contributed by atoms with Crippen molar-refractivity contribution in [1.82, 2.24) is 5.32 Å². The summed E-state index contributed by atoms with van der Waals surface area (Å²) in [6, 6.07) is -0.632. The Kier molecular flexibility index (Phi) is 61.4. The van der Waals surface area contributed by atoms with Crippen LogP contribution in [0.5, 0.6) is 0 Å². The lowest BCUT2D eigenvalue weighted by Gasteiger charge is -2.20. The second kappa shape index (κ2) is 62.9. The maximum atomic E-state index is 12.5. The number of allylic oxidation sites excluding steroid dienone is 3. The molecule has 0 bridgehead atoms. The summed E-state index contributed by atoms with van der Waals surface area (Å²) in [5.74, 6) is -0.0565. The smallest absolute Gasteiger partial charge is 0.305 e. The minimum absolute atomic E-state index is 0.0162. The number of hydrogen-bond donors (Lipinski definition) is 3. The van der Waals surface area contributed by atoms with Gasteiger partial charge in [0.05, 0.1) is 25.4 Å². The molecule has 0 fully saturated rings. The van der Waals surface area contributed by atoms with Crippen LogP contribution in [0.25, 0.3) is 0 Å². The quantitative estimate of drug-likeness (QED) is 0.0320.